The lowest BCUT2D eigenvalue weighted by atomic mass is 9.80. The van der Waals surface area contributed by atoms with Gasteiger partial charge in [-0.25, -0.2) is 4.39 Å². The molecule has 0 radical (unpaired) electrons. The number of rotatable bonds is 2. The monoisotopic (exact) mass is 254 g/mol. The van der Waals surface area contributed by atoms with E-state index in [4.69, 9.17) is 11.6 Å². The van der Waals surface area contributed by atoms with Gasteiger partial charge in [-0.15, -0.1) is 0 Å². The van der Waals surface area contributed by atoms with Gasteiger partial charge in [0, 0.05) is 11.4 Å². The van der Waals surface area contributed by atoms with Crippen molar-refractivity contribution in [3.63, 3.8) is 0 Å². The van der Waals surface area contributed by atoms with Crippen molar-refractivity contribution in [2.75, 3.05) is 0 Å². The number of aliphatic hydroxyl groups is 1. The minimum atomic E-state index is -0.652. The van der Waals surface area contributed by atoms with E-state index in [0.29, 0.717) is 23.3 Å². The Hall–Kier alpha value is -0.600. The molecular weight excluding hydrogens is 239 g/mol. The van der Waals surface area contributed by atoms with E-state index in [9.17, 15) is 9.50 Å². The van der Waals surface area contributed by atoms with Crippen LogP contribution in [0.5, 0.6) is 0 Å². The summed E-state index contributed by atoms with van der Waals surface area (Å²) in [5.41, 5.74) is 0.0853. The van der Waals surface area contributed by atoms with Gasteiger partial charge in [0.25, 0.3) is 0 Å². The van der Waals surface area contributed by atoms with Crippen LogP contribution in [0.3, 0.4) is 0 Å². The Labute approximate surface area is 106 Å². The predicted octanol–water partition coefficient (Wildman–Crippen LogP) is 3.57. The van der Waals surface area contributed by atoms with Gasteiger partial charge in [0.2, 0.25) is 0 Å². The molecule has 0 aromatic heterocycles. The predicted molar refractivity (Wildman–Crippen MR) is 65.5 cm³/mol. The molecule has 2 aliphatic carbocycles. The van der Waals surface area contributed by atoms with Crippen LogP contribution in [0.15, 0.2) is 18.2 Å². The molecule has 17 heavy (non-hydrogen) atoms. The van der Waals surface area contributed by atoms with Crippen molar-refractivity contribution in [2.24, 2.45) is 11.8 Å². The third-order valence-corrected chi connectivity index (χ3v) is 4.82. The Kier molecular flexibility index (Phi) is 2.68. The molecule has 0 heterocycles. The molecule has 3 heteroatoms. The summed E-state index contributed by atoms with van der Waals surface area (Å²) in [4.78, 5) is 0. The number of benzene rings is 1. The summed E-state index contributed by atoms with van der Waals surface area (Å²) in [6, 6.07) is 4.38. The Morgan fingerprint density at radius 2 is 2.24 bits per heavy atom. The number of hydrogen-bond acceptors (Lipinski definition) is 1. The molecule has 1 aromatic rings. The largest absolute Gasteiger partial charge is 0.389 e. The van der Waals surface area contributed by atoms with Crippen LogP contribution in [0.25, 0.3) is 0 Å². The Bertz CT molecular complexity index is 448. The van der Waals surface area contributed by atoms with Gasteiger partial charge in [-0.05, 0) is 61.3 Å². The standard InChI is InChI=1S/C14H16ClFO/c15-13-4-3-12(16)6-10(13)8-14(17)7-9-1-2-11(14)5-9/h3-4,6,9,11,17H,1-2,5,7-8H2. The molecule has 2 aliphatic rings. The Balaban J connectivity index is 1.85. The van der Waals surface area contributed by atoms with Crippen LogP contribution in [0, 0.1) is 17.7 Å². The van der Waals surface area contributed by atoms with Crippen molar-refractivity contribution in [1.29, 1.82) is 0 Å². The molecule has 1 nitrogen and oxygen atoms in total. The van der Waals surface area contributed by atoms with Crippen molar-refractivity contribution >= 4 is 11.6 Å². The molecule has 2 fully saturated rings. The molecule has 0 spiro atoms. The minimum absolute atomic E-state index is 0.281. The van der Waals surface area contributed by atoms with Crippen molar-refractivity contribution in [3.05, 3.63) is 34.6 Å². The van der Waals surface area contributed by atoms with Crippen molar-refractivity contribution in [3.8, 4) is 0 Å². The van der Waals surface area contributed by atoms with Gasteiger partial charge >= 0.3 is 0 Å². The summed E-state index contributed by atoms with van der Waals surface area (Å²) < 4.78 is 13.2. The van der Waals surface area contributed by atoms with E-state index in [-0.39, 0.29) is 5.82 Å². The van der Waals surface area contributed by atoms with E-state index >= 15 is 0 Å². The molecule has 0 amide bonds. The average molecular weight is 255 g/mol. The highest BCUT2D eigenvalue weighted by Crippen LogP contribution is 2.52. The molecule has 2 saturated carbocycles. The van der Waals surface area contributed by atoms with Crippen LogP contribution >= 0.6 is 11.6 Å². The smallest absolute Gasteiger partial charge is 0.123 e. The summed E-state index contributed by atoms with van der Waals surface area (Å²) in [6.07, 6.45) is 4.82. The summed E-state index contributed by atoms with van der Waals surface area (Å²) in [5, 5.41) is 11.2. The number of halogens is 2. The lowest BCUT2D eigenvalue weighted by Crippen LogP contribution is -2.37. The Morgan fingerprint density at radius 1 is 1.41 bits per heavy atom. The molecule has 0 aliphatic heterocycles. The average Bonchev–Trinajstić information content (AvgIpc) is 2.83. The van der Waals surface area contributed by atoms with Gasteiger partial charge in [-0.2, -0.15) is 0 Å². The first-order chi connectivity index (χ1) is 8.07. The van der Waals surface area contributed by atoms with Crippen LogP contribution < -0.4 is 0 Å². The first-order valence-electron chi connectivity index (χ1n) is 6.23. The van der Waals surface area contributed by atoms with Crippen LogP contribution in [0.1, 0.15) is 31.2 Å². The van der Waals surface area contributed by atoms with E-state index in [2.05, 4.69) is 0 Å². The fourth-order valence-corrected chi connectivity index (χ4v) is 3.82. The summed E-state index contributed by atoms with van der Waals surface area (Å²) >= 11 is 6.06. The van der Waals surface area contributed by atoms with E-state index < -0.39 is 5.60 Å². The SMILES string of the molecule is OC1(Cc2cc(F)ccc2Cl)CC2CCC1C2. The zero-order valence-electron chi connectivity index (χ0n) is 9.63. The van der Waals surface area contributed by atoms with Crippen LogP contribution in [-0.4, -0.2) is 10.7 Å². The maximum absolute atomic E-state index is 13.2. The van der Waals surface area contributed by atoms with Crippen LogP contribution in [-0.2, 0) is 6.42 Å². The molecule has 1 N–H and O–H groups in total. The lowest BCUT2D eigenvalue weighted by molar-refractivity contribution is -0.0125. The zero-order valence-corrected chi connectivity index (χ0v) is 10.4. The molecule has 92 valence electrons. The summed E-state index contributed by atoms with van der Waals surface area (Å²) in [5.74, 6) is 0.764. The highest BCUT2D eigenvalue weighted by Gasteiger charge is 2.49. The normalized spacial score (nSPS) is 35.5. The molecular formula is C14H16ClFO. The summed E-state index contributed by atoms with van der Waals surface area (Å²) in [6.45, 7) is 0. The number of fused-ring (bicyclic) bond motifs is 2. The second kappa shape index (κ2) is 3.96. The highest BCUT2D eigenvalue weighted by atomic mass is 35.5. The van der Waals surface area contributed by atoms with Crippen molar-refractivity contribution in [1.82, 2.24) is 0 Å². The van der Waals surface area contributed by atoms with Crippen LogP contribution in [0.4, 0.5) is 4.39 Å². The topological polar surface area (TPSA) is 20.2 Å². The van der Waals surface area contributed by atoms with E-state index in [1.165, 1.54) is 18.6 Å². The molecule has 0 saturated heterocycles. The van der Waals surface area contributed by atoms with Gasteiger partial charge in [-0.3, -0.25) is 0 Å². The van der Waals surface area contributed by atoms with Crippen molar-refractivity contribution in [2.45, 2.75) is 37.7 Å². The fourth-order valence-electron chi connectivity index (χ4n) is 3.64. The highest BCUT2D eigenvalue weighted by molar-refractivity contribution is 6.31. The molecule has 1 aromatic carbocycles. The zero-order chi connectivity index (χ0) is 12.0. The van der Waals surface area contributed by atoms with E-state index in [1.54, 1.807) is 6.07 Å². The summed E-state index contributed by atoms with van der Waals surface area (Å²) in [7, 11) is 0. The molecule has 3 atom stereocenters. The maximum atomic E-state index is 13.2. The van der Waals surface area contributed by atoms with Gasteiger partial charge in [0.15, 0.2) is 0 Å². The van der Waals surface area contributed by atoms with Gasteiger partial charge in [0.05, 0.1) is 5.60 Å². The van der Waals surface area contributed by atoms with Gasteiger partial charge < -0.3 is 5.11 Å². The first-order valence-corrected chi connectivity index (χ1v) is 6.61. The van der Waals surface area contributed by atoms with Crippen LogP contribution in [0.2, 0.25) is 5.02 Å². The molecule has 3 unspecified atom stereocenters. The number of hydrogen-bond donors (Lipinski definition) is 1. The second-order valence-electron chi connectivity index (χ2n) is 5.60. The fraction of sp³-hybridized carbons (Fsp3) is 0.571. The second-order valence-corrected chi connectivity index (χ2v) is 6.00. The third kappa shape index (κ3) is 1.98. The minimum Gasteiger partial charge on any atom is -0.389 e. The lowest BCUT2D eigenvalue weighted by Gasteiger charge is -2.32. The van der Waals surface area contributed by atoms with E-state index in [0.717, 1.165) is 24.8 Å². The first kappa shape index (κ1) is 11.5. The van der Waals surface area contributed by atoms with E-state index in [1.807, 2.05) is 0 Å². The molecule has 3 rings (SSSR count). The maximum Gasteiger partial charge on any atom is 0.123 e. The van der Waals surface area contributed by atoms with Gasteiger partial charge in [0.1, 0.15) is 5.82 Å². The Morgan fingerprint density at radius 3 is 2.88 bits per heavy atom. The quantitative estimate of drug-likeness (QED) is 0.856. The third-order valence-electron chi connectivity index (χ3n) is 4.45. The van der Waals surface area contributed by atoms with Gasteiger partial charge in [-0.1, -0.05) is 11.6 Å². The van der Waals surface area contributed by atoms with Crippen molar-refractivity contribution < 1.29 is 9.50 Å². The molecule has 2 bridgehead atoms.